The smallest absolute Gasteiger partial charge is 0.241 e. The van der Waals surface area contributed by atoms with Crippen LogP contribution in [0.2, 0.25) is 0 Å². The third-order valence-corrected chi connectivity index (χ3v) is 5.20. The Morgan fingerprint density at radius 3 is 2.72 bits per heavy atom. The molecule has 0 bridgehead atoms. The maximum absolute atomic E-state index is 13.2. The number of amides is 1. The van der Waals surface area contributed by atoms with E-state index in [1.54, 1.807) is 0 Å². The van der Waals surface area contributed by atoms with Crippen LogP contribution in [-0.4, -0.2) is 55.8 Å². The van der Waals surface area contributed by atoms with Crippen LogP contribution in [0.4, 0.5) is 5.69 Å². The lowest BCUT2D eigenvalue weighted by atomic mass is 9.80. The third-order valence-electron chi connectivity index (χ3n) is 5.20. The van der Waals surface area contributed by atoms with Crippen LogP contribution in [0.15, 0.2) is 18.2 Å². The Kier molecular flexibility index (Phi) is 5.35. The van der Waals surface area contributed by atoms with Gasteiger partial charge in [0.25, 0.3) is 0 Å². The normalized spacial score (nSPS) is 23.2. The fourth-order valence-corrected chi connectivity index (χ4v) is 4.16. The van der Waals surface area contributed by atoms with E-state index in [-0.39, 0.29) is 11.4 Å². The predicted octanol–water partition coefficient (Wildman–Crippen LogP) is 3.04. The Morgan fingerprint density at radius 2 is 2.04 bits per heavy atom. The highest BCUT2D eigenvalue weighted by Gasteiger charge is 2.40. The first-order chi connectivity index (χ1) is 11.9. The quantitative estimate of drug-likeness (QED) is 0.840. The number of hydrogen-bond donors (Lipinski definition) is 0. The Balaban J connectivity index is 1.88. The van der Waals surface area contributed by atoms with Crippen molar-refractivity contribution in [2.45, 2.75) is 45.6 Å². The maximum Gasteiger partial charge on any atom is 0.241 e. The van der Waals surface area contributed by atoms with Gasteiger partial charge < -0.3 is 14.4 Å². The number of rotatable bonds is 4. The molecule has 2 aliphatic heterocycles. The number of nitrogens with zero attached hydrogens (tertiary/aromatic N) is 2. The summed E-state index contributed by atoms with van der Waals surface area (Å²) < 4.78 is 11.1. The van der Waals surface area contributed by atoms with Gasteiger partial charge in [-0.3, -0.25) is 9.69 Å². The Labute approximate surface area is 150 Å². The zero-order valence-electron chi connectivity index (χ0n) is 15.9. The average Bonchev–Trinajstić information content (AvgIpc) is 2.56. The monoisotopic (exact) mass is 346 g/mol. The van der Waals surface area contributed by atoms with Crippen molar-refractivity contribution in [1.29, 1.82) is 0 Å². The number of ether oxygens (including phenoxy) is 2. The summed E-state index contributed by atoms with van der Waals surface area (Å²) in [6.45, 7) is 12.7. The van der Waals surface area contributed by atoms with Crippen LogP contribution >= 0.6 is 0 Å². The highest BCUT2D eigenvalue weighted by atomic mass is 16.5. The Hall–Kier alpha value is -1.59. The zero-order chi connectivity index (χ0) is 18.0. The second-order valence-electron chi connectivity index (χ2n) is 7.69. The molecule has 138 valence electrons. The second kappa shape index (κ2) is 7.34. The molecule has 0 radical (unpaired) electrons. The van der Waals surface area contributed by atoms with Crippen molar-refractivity contribution in [3.63, 3.8) is 0 Å². The number of fused-ring (bicyclic) bond motifs is 1. The van der Waals surface area contributed by atoms with Crippen molar-refractivity contribution in [2.75, 3.05) is 44.4 Å². The molecule has 1 saturated heterocycles. The van der Waals surface area contributed by atoms with E-state index in [9.17, 15) is 4.79 Å². The zero-order valence-corrected chi connectivity index (χ0v) is 15.9. The summed E-state index contributed by atoms with van der Waals surface area (Å²) in [5.41, 5.74) is 2.05. The first kappa shape index (κ1) is 18.2. The summed E-state index contributed by atoms with van der Waals surface area (Å²) in [6, 6.07) is 6.13. The molecule has 1 atom stereocenters. The molecule has 5 nitrogen and oxygen atoms in total. The van der Waals surface area contributed by atoms with Crippen molar-refractivity contribution in [2.24, 2.45) is 0 Å². The minimum absolute atomic E-state index is 0.171. The summed E-state index contributed by atoms with van der Waals surface area (Å²) in [5, 5.41) is 0. The van der Waals surface area contributed by atoms with Crippen molar-refractivity contribution < 1.29 is 14.3 Å². The summed E-state index contributed by atoms with van der Waals surface area (Å²) in [7, 11) is 0. The summed E-state index contributed by atoms with van der Waals surface area (Å²) in [6.07, 6.45) is 0.949. The van der Waals surface area contributed by atoms with E-state index in [4.69, 9.17) is 9.47 Å². The van der Waals surface area contributed by atoms with Crippen molar-refractivity contribution in [3.8, 4) is 5.75 Å². The largest absolute Gasteiger partial charge is 0.494 e. The van der Waals surface area contributed by atoms with Crippen LogP contribution in [0.1, 0.15) is 45.6 Å². The van der Waals surface area contributed by atoms with Crippen LogP contribution in [0, 0.1) is 0 Å². The molecule has 25 heavy (non-hydrogen) atoms. The molecule has 2 aliphatic rings. The lowest BCUT2D eigenvalue weighted by Crippen LogP contribution is -2.55. The number of hydrogen-bond acceptors (Lipinski definition) is 4. The number of carbonyl (C=O) groups is 1. The molecule has 0 N–H and O–H groups in total. The molecular weight excluding hydrogens is 316 g/mol. The van der Waals surface area contributed by atoms with Gasteiger partial charge in [0.15, 0.2) is 0 Å². The number of benzene rings is 1. The van der Waals surface area contributed by atoms with Crippen LogP contribution in [0.3, 0.4) is 0 Å². The Bertz CT molecular complexity index is 623. The molecule has 1 aromatic rings. The summed E-state index contributed by atoms with van der Waals surface area (Å²) >= 11 is 0. The average molecular weight is 346 g/mol. The molecule has 3 rings (SSSR count). The van der Waals surface area contributed by atoms with Gasteiger partial charge in [0.1, 0.15) is 5.75 Å². The van der Waals surface area contributed by atoms with E-state index in [2.05, 4.69) is 37.8 Å². The highest BCUT2D eigenvalue weighted by Crippen LogP contribution is 2.44. The molecule has 5 heteroatoms. The molecule has 1 amide bonds. The molecule has 0 spiro atoms. The second-order valence-corrected chi connectivity index (χ2v) is 7.69. The third kappa shape index (κ3) is 3.82. The molecule has 0 aromatic heterocycles. The van der Waals surface area contributed by atoms with Crippen LogP contribution in [0.25, 0.3) is 0 Å². The van der Waals surface area contributed by atoms with E-state index in [0.717, 1.165) is 30.9 Å². The molecule has 1 aromatic carbocycles. The Morgan fingerprint density at radius 1 is 1.32 bits per heavy atom. The molecule has 1 fully saturated rings. The number of carbonyl (C=O) groups excluding carboxylic acids is 1. The van der Waals surface area contributed by atoms with Gasteiger partial charge in [0.05, 0.1) is 26.4 Å². The first-order valence-corrected chi connectivity index (χ1v) is 9.32. The molecule has 0 saturated carbocycles. The van der Waals surface area contributed by atoms with Crippen molar-refractivity contribution in [1.82, 2.24) is 4.90 Å². The van der Waals surface area contributed by atoms with Crippen LogP contribution in [0.5, 0.6) is 5.75 Å². The van der Waals surface area contributed by atoms with Gasteiger partial charge in [-0.2, -0.15) is 0 Å². The minimum atomic E-state index is -0.192. The van der Waals surface area contributed by atoms with Crippen LogP contribution < -0.4 is 9.64 Å². The van der Waals surface area contributed by atoms with Gasteiger partial charge in [-0.15, -0.1) is 0 Å². The highest BCUT2D eigenvalue weighted by molar-refractivity contribution is 5.97. The fraction of sp³-hybridized carbons (Fsp3) is 0.650. The van der Waals surface area contributed by atoms with Crippen molar-refractivity contribution >= 4 is 11.6 Å². The van der Waals surface area contributed by atoms with Gasteiger partial charge in [-0.05, 0) is 56.9 Å². The van der Waals surface area contributed by atoms with Gasteiger partial charge in [-0.25, -0.2) is 0 Å². The molecule has 2 heterocycles. The van der Waals surface area contributed by atoms with Crippen molar-refractivity contribution in [3.05, 3.63) is 23.8 Å². The summed E-state index contributed by atoms with van der Waals surface area (Å²) in [5.74, 6) is 1.45. The molecule has 0 unspecified atom stereocenters. The fourth-order valence-electron chi connectivity index (χ4n) is 4.16. The summed E-state index contributed by atoms with van der Waals surface area (Å²) in [4.78, 5) is 17.4. The predicted molar refractivity (Wildman–Crippen MR) is 99.5 cm³/mol. The lowest BCUT2D eigenvalue weighted by molar-refractivity contribution is -0.122. The maximum atomic E-state index is 13.2. The van der Waals surface area contributed by atoms with Gasteiger partial charge in [0.2, 0.25) is 5.91 Å². The van der Waals surface area contributed by atoms with Gasteiger partial charge in [0, 0.05) is 24.3 Å². The van der Waals surface area contributed by atoms with E-state index in [0.29, 0.717) is 32.3 Å². The van der Waals surface area contributed by atoms with E-state index >= 15 is 0 Å². The first-order valence-electron chi connectivity index (χ1n) is 9.32. The molecular formula is C20H30N2O3. The standard InChI is InChI=1S/C20H30N2O3/c1-5-25-16-6-7-18-17(12-16)15(2)13-20(3,4)22(18)19(23)14-21-8-10-24-11-9-21/h6-7,12,15H,5,8-11,13-14H2,1-4H3/t15-/m1/s1. The molecule has 0 aliphatic carbocycles. The minimum Gasteiger partial charge on any atom is -0.494 e. The van der Waals surface area contributed by atoms with E-state index < -0.39 is 0 Å². The number of morpholine rings is 1. The lowest BCUT2D eigenvalue weighted by Gasteiger charge is -2.46. The van der Waals surface area contributed by atoms with E-state index in [1.165, 1.54) is 5.56 Å². The van der Waals surface area contributed by atoms with Gasteiger partial charge in [-0.1, -0.05) is 6.92 Å². The van der Waals surface area contributed by atoms with Gasteiger partial charge >= 0.3 is 0 Å². The van der Waals surface area contributed by atoms with Crippen LogP contribution in [-0.2, 0) is 9.53 Å². The topological polar surface area (TPSA) is 42.0 Å². The van der Waals surface area contributed by atoms with E-state index in [1.807, 2.05) is 17.9 Å². The SMILES string of the molecule is CCOc1ccc2c(c1)[C@H](C)CC(C)(C)N2C(=O)CN1CCOCC1. The number of anilines is 1.